The number of benzene rings is 1. The van der Waals surface area contributed by atoms with Gasteiger partial charge in [0.2, 0.25) is 10.0 Å². The molecule has 0 spiro atoms. The number of aliphatic hydroxyl groups is 1. The molecule has 21 heavy (non-hydrogen) atoms. The Morgan fingerprint density at radius 3 is 2.67 bits per heavy atom. The topological polar surface area (TPSA) is 75.6 Å². The zero-order valence-electron chi connectivity index (χ0n) is 12.3. The van der Waals surface area contributed by atoms with Crippen molar-refractivity contribution < 1.29 is 18.3 Å². The molecular weight excluding hydrogens is 314 g/mol. The van der Waals surface area contributed by atoms with E-state index in [9.17, 15) is 8.42 Å². The van der Waals surface area contributed by atoms with Crippen LogP contribution in [0.3, 0.4) is 0 Å². The van der Waals surface area contributed by atoms with Crippen LogP contribution in [-0.4, -0.2) is 32.8 Å². The molecule has 0 radical (unpaired) electrons. The van der Waals surface area contributed by atoms with Crippen LogP contribution in [0.4, 0.5) is 0 Å². The number of halogens is 1. The molecule has 1 aromatic rings. The predicted molar refractivity (Wildman–Crippen MR) is 82.9 cm³/mol. The molecule has 0 fully saturated rings. The van der Waals surface area contributed by atoms with Crippen molar-refractivity contribution in [3.63, 3.8) is 0 Å². The van der Waals surface area contributed by atoms with Gasteiger partial charge in [-0.2, -0.15) is 0 Å². The van der Waals surface area contributed by atoms with Gasteiger partial charge in [-0.05, 0) is 50.5 Å². The van der Waals surface area contributed by atoms with Crippen LogP contribution in [0, 0.1) is 0 Å². The van der Waals surface area contributed by atoms with Crippen molar-refractivity contribution in [3.8, 4) is 0 Å². The minimum absolute atomic E-state index is 0.106. The van der Waals surface area contributed by atoms with E-state index >= 15 is 0 Å². The number of ether oxygens (including phenoxy) is 1. The van der Waals surface area contributed by atoms with E-state index in [2.05, 4.69) is 4.72 Å². The summed E-state index contributed by atoms with van der Waals surface area (Å²) in [5.41, 5.74) is 0.393. The molecule has 0 aromatic heterocycles. The van der Waals surface area contributed by atoms with Crippen molar-refractivity contribution in [2.24, 2.45) is 0 Å². The molecule has 0 heterocycles. The molecule has 0 aliphatic heterocycles. The molecule has 0 aliphatic carbocycles. The van der Waals surface area contributed by atoms with Gasteiger partial charge < -0.3 is 9.84 Å². The van der Waals surface area contributed by atoms with E-state index in [0.717, 1.165) is 6.42 Å². The second-order valence-electron chi connectivity index (χ2n) is 4.94. The average molecular weight is 336 g/mol. The Balaban J connectivity index is 2.50. The van der Waals surface area contributed by atoms with Crippen LogP contribution in [0.15, 0.2) is 23.1 Å². The van der Waals surface area contributed by atoms with Gasteiger partial charge in [-0.3, -0.25) is 0 Å². The summed E-state index contributed by atoms with van der Waals surface area (Å²) >= 11 is 5.84. The lowest BCUT2D eigenvalue weighted by atomic mass is 10.2. The summed E-state index contributed by atoms with van der Waals surface area (Å²) in [6.45, 7) is 4.59. The summed E-state index contributed by atoms with van der Waals surface area (Å²) in [5, 5.41) is 9.46. The highest BCUT2D eigenvalue weighted by molar-refractivity contribution is 7.89. The number of hydrogen-bond acceptors (Lipinski definition) is 4. The summed E-state index contributed by atoms with van der Waals surface area (Å²) < 4.78 is 32.1. The van der Waals surface area contributed by atoms with Gasteiger partial charge in [-0.25, -0.2) is 13.1 Å². The molecule has 120 valence electrons. The fourth-order valence-electron chi connectivity index (χ4n) is 1.68. The first-order valence-electron chi connectivity index (χ1n) is 6.87. The average Bonchev–Trinajstić information content (AvgIpc) is 2.42. The Bertz CT molecular complexity index is 546. The molecule has 0 bridgehead atoms. The maximum atomic E-state index is 12.1. The van der Waals surface area contributed by atoms with Gasteiger partial charge in [0.25, 0.3) is 0 Å². The summed E-state index contributed by atoms with van der Waals surface area (Å²) in [4.78, 5) is 0.106. The summed E-state index contributed by atoms with van der Waals surface area (Å²) in [6, 6.07) is 4.27. The number of hydrogen-bond donors (Lipinski definition) is 2. The summed E-state index contributed by atoms with van der Waals surface area (Å²) in [7, 11) is -3.57. The molecule has 0 amide bonds. The molecule has 0 unspecified atom stereocenters. The van der Waals surface area contributed by atoms with E-state index in [0.29, 0.717) is 30.2 Å². The number of nitrogens with one attached hydrogen (secondary N) is 1. The Kier molecular flexibility index (Phi) is 7.62. The quantitative estimate of drug-likeness (QED) is 0.679. The van der Waals surface area contributed by atoms with E-state index < -0.39 is 10.0 Å². The minimum atomic E-state index is -3.57. The maximum Gasteiger partial charge on any atom is 0.240 e. The molecule has 5 nitrogen and oxygen atoms in total. The third-order valence-electron chi connectivity index (χ3n) is 2.81. The first-order valence-corrected chi connectivity index (χ1v) is 8.73. The number of sulfonamides is 1. The Hall–Kier alpha value is -0.660. The van der Waals surface area contributed by atoms with Gasteiger partial charge in [0.1, 0.15) is 0 Å². The number of unbranched alkanes of at least 4 members (excludes halogenated alkanes) is 1. The molecule has 2 N–H and O–H groups in total. The number of aliphatic hydroxyl groups excluding tert-OH is 1. The third-order valence-corrected chi connectivity index (χ3v) is 4.64. The summed E-state index contributed by atoms with van der Waals surface area (Å²) in [5.74, 6) is 0. The lowest BCUT2D eigenvalue weighted by Gasteiger charge is -2.10. The van der Waals surface area contributed by atoms with E-state index in [1.807, 2.05) is 13.8 Å². The normalized spacial score (nSPS) is 12.0. The Morgan fingerprint density at radius 2 is 2.05 bits per heavy atom. The third kappa shape index (κ3) is 6.32. The van der Waals surface area contributed by atoms with Gasteiger partial charge in [0.05, 0.1) is 17.6 Å². The van der Waals surface area contributed by atoms with E-state index in [4.69, 9.17) is 21.4 Å². The molecule has 0 atom stereocenters. The van der Waals surface area contributed by atoms with Gasteiger partial charge in [0.15, 0.2) is 0 Å². The second kappa shape index (κ2) is 8.70. The van der Waals surface area contributed by atoms with E-state index in [1.165, 1.54) is 18.2 Å². The van der Waals surface area contributed by atoms with Crippen LogP contribution < -0.4 is 4.72 Å². The molecular formula is C14H22ClNO4S. The first-order chi connectivity index (χ1) is 9.86. The SMILES string of the molecule is CC(C)OCCCCNS(=O)(=O)c1ccc(Cl)c(CO)c1. The van der Waals surface area contributed by atoms with E-state index in [-0.39, 0.29) is 17.6 Å². The molecule has 1 aromatic carbocycles. The van der Waals surface area contributed by atoms with E-state index in [1.54, 1.807) is 0 Å². The van der Waals surface area contributed by atoms with Gasteiger partial charge in [-0.15, -0.1) is 0 Å². The van der Waals surface area contributed by atoms with Crippen molar-refractivity contribution in [3.05, 3.63) is 28.8 Å². The van der Waals surface area contributed by atoms with Crippen molar-refractivity contribution in [2.45, 2.75) is 44.3 Å². The molecule has 7 heteroatoms. The fraction of sp³-hybridized carbons (Fsp3) is 0.571. The summed E-state index contributed by atoms with van der Waals surface area (Å²) in [6.07, 6.45) is 1.68. The monoisotopic (exact) mass is 335 g/mol. The second-order valence-corrected chi connectivity index (χ2v) is 7.11. The van der Waals surface area contributed by atoms with Crippen molar-refractivity contribution >= 4 is 21.6 Å². The predicted octanol–water partition coefficient (Wildman–Crippen LogP) is 2.32. The van der Waals surface area contributed by atoms with Gasteiger partial charge in [0, 0.05) is 18.2 Å². The smallest absolute Gasteiger partial charge is 0.240 e. The molecule has 0 aliphatic rings. The fourth-order valence-corrected chi connectivity index (χ4v) is 2.98. The van der Waals surface area contributed by atoms with Crippen LogP contribution in [0.25, 0.3) is 0 Å². The first kappa shape index (κ1) is 18.4. The van der Waals surface area contributed by atoms with Crippen LogP contribution in [-0.2, 0) is 21.4 Å². The highest BCUT2D eigenvalue weighted by atomic mass is 35.5. The standard InChI is InChI=1S/C14H22ClNO4S/c1-11(2)20-8-4-3-7-16-21(18,19)13-5-6-14(15)12(9-13)10-17/h5-6,9,11,16-17H,3-4,7-8,10H2,1-2H3. The maximum absolute atomic E-state index is 12.1. The van der Waals surface area contributed by atoms with Gasteiger partial charge in [-0.1, -0.05) is 11.6 Å². The van der Waals surface area contributed by atoms with Crippen molar-refractivity contribution in [1.82, 2.24) is 4.72 Å². The number of rotatable bonds is 9. The van der Waals surface area contributed by atoms with Crippen LogP contribution in [0.2, 0.25) is 5.02 Å². The zero-order chi connectivity index (χ0) is 15.9. The Labute approximate surface area is 131 Å². The zero-order valence-corrected chi connectivity index (χ0v) is 13.9. The minimum Gasteiger partial charge on any atom is -0.392 e. The highest BCUT2D eigenvalue weighted by Crippen LogP contribution is 2.20. The Morgan fingerprint density at radius 1 is 1.33 bits per heavy atom. The van der Waals surface area contributed by atoms with Crippen LogP contribution in [0.1, 0.15) is 32.3 Å². The molecule has 0 saturated heterocycles. The highest BCUT2D eigenvalue weighted by Gasteiger charge is 2.14. The largest absolute Gasteiger partial charge is 0.392 e. The van der Waals surface area contributed by atoms with Crippen LogP contribution >= 0.6 is 11.6 Å². The molecule has 1 rings (SSSR count). The van der Waals surface area contributed by atoms with Crippen LogP contribution in [0.5, 0.6) is 0 Å². The van der Waals surface area contributed by atoms with Crippen molar-refractivity contribution in [2.75, 3.05) is 13.2 Å². The molecule has 0 saturated carbocycles. The lowest BCUT2D eigenvalue weighted by molar-refractivity contribution is 0.0762. The lowest BCUT2D eigenvalue weighted by Crippen LogP contribution is -2.25. The van der Waals surface area contributed by atoms with Gasteiger partial charge >= 0.3 is 0 Å². The van der Waals surface area contributed by atoms with Crippen molar-refractivity contribution in [1.29, 1.82) is 0 Å².